The number of hydrogen-bond acceptors (Lipinski definition) is 6. The van der Waals surface area contributed by atoms with Crippen LogP contribution in [0.5, 0.6) is 0 Å². The number of carbonyl (C=O) groups is 1. The van der Waals surface area contributed by atoms with Crippen LogP contribution in [0.2, 0.25) is 0 Å². The molecule has 1 amide bonds. The molecular weight excluding hydrogens is 382 g/mol. The number of amides is 1. The highest BCUT2D eigenvalue weighted by atomic mass is 32.2. The molecule has 8 heteroatoms. The zero-order valence-electron chi connectivity index (χ0n) is 15.9. The lowest BCUT2D eigenvalue weighted by Gasteiger charge is -2.34. The van der Waals surface area contributed by atoms with Gasteiger partial charge in [-0.3, -0.25) is 9.69 Å². The maximum atomic E-state index is 12.7. The molecule has 0 saturated carbocycles. The van der Waals surface area contributed by atoms with E-state index in [-0.39, 0.29) is 10.8 Å². The Morgan fingerprint density at radius 2 is 1.78 bits per heavy atom. The lowest BCUT2D eigenvalue weighted by molar-refractivity contribution is 0.0627. The normalized spacial score (nSPS) is 16.1. The van der Waals surface area contributed by atoms with E-state index < -0.39 is 15.1 Å². The molecule has 1 aromatic heterocycles. The van der Waals surface area contributed by atoms with Crippen molar-refractivity contribution in [2.75, 3.05) is 26.2 Å². The number of sulfone groups is 1. The van der Waals surface area contributed by atoms with E-state index in [4.69, 9.17) is 0 Å². The van der Waals surface area contributed by atoms with Gasteiger partial charge in [-0.15, -0.1) is 11.3 Å². The highest BCUT2D eigenvalue weighted by Gasteiger charge is 2.24. The smallest absolute Gasteiger partial charge is 0.253 e. The molecule has 0 bridgehead atoms. The maximum Gasteiger partial charge on any atom is 0.253 e. The molecule has 3 rings (SSSR count). The van der Waals surface area contributed by atoms with Crippen LogP contribution in [0.4, 0.5) is 0 Å². The summed E-state index contributed by atoms with van der Waals surface area (Å²) in [4.78, 5) is 21.6. The second-order valence-electron chi connectivity index (χ2n) is 7.04. The number of carbonyl (C=O) groups excluding carboxylic acids is 1. The summed E-state index contributed by atoms with van der Waals surface area (Å²) in [7, 11) is -3.32. The molecule has 1 aliphatic rings. The lowest BCUT2D eigenvalue weighted by atomic mass is 10.2. The van der Waals surface area contributed by atoms with Crippen molar-refractivity contribution < 1.29 is 13.2 Å². The van der Waals surface area contributed by atoms with Gasteiger partial charge in [-0.25, -0.2) is 13.4 Å². The first-order valence-electron chi connectivity index (χ1n) is 9.04. The highest BCUT2D eigenvalue weighted by Crippen LogP contribution is 2.18. The van der Waals surface area contributed by atoms with Crippen molar-refractivity contribution in [2.45, 2.75) is 37.5 Å². The van der Waals surface area contributed by atoms with Gasteiger partial charge in [0.05, 0.1) is 20.8 Å². The SMILES string of the molecule is Cc1nc(CN2CCN(C(=O)c3ccc(S(=O)(=O)C(C)C)cc3)CC2)cs1. The first-order chi connectivity index (χ1) is 12.8. The second kappa shape index (κ2) is 8.08. The fourth-order valence-electron chi connectivity index (χ4n) is 3.06. The molecule has 0 aliphatic carbocycles. The van der Waals surface area contributed by atoms with E-state index in [1.54, 1.807) is 37.3 Å². The predicted octanol–water partition coefficient (Wildman–Crippen LogP) is 2.59. The summed E-state index contributed by atoms with van der Waals surface area (Å²) in [6.07, 6.45) is 0. The number of aryl methyl sites for hydroxylation is 1. The zero-order valence-corrected chi connectivity index (χ0v) is 17.5. The number of thiazole rings is 1. The molecule has 2 aromatic rings. The molecule has 146 valence electrons. The molecule has 6 nitrogen and oxygen atoms in total. The summed E-state index contributed by atoms with van der Waals surface area (Å²) in [5, 5.41) is 2.68. The van der Waals surface area contributed by atoms with Gasteiger partial charge < -0.3 is 4.90 Å². The third kappa shape index (κ3) is 4.56. The molecule has 0 radical (unpaired) electrons. The first-order valence-corrected chi connectivity index (χ1v) is 11.5. The van der Waals surface area contributed by atoms with Crippen molar-refractivity contribution >= 4 is 27.1 Å². The van der Waals surface area contributed by atoms with Crippen LogP contribution in [-0.2, 0) is 16.4 Å². The van der Waals surface area contributed by atoms with Gasteiger partial charge in [-0.05, 0) is 45.0 Å². The average molecular weight is 408 g/mol. The van der Waals surface area contributed by atoms with E-state index in [0.717, 1.165) is 30.3 Å². The largest absolute Gasteiger partial charge is 0.336 e. The molecule has 1 aliphatic heterocycles. The molecule has 0 spiro atoms. The summed E-state index contributed by atoms with van der Waals surface area (Å²) in [5.41, 5.74) is 1.61. The highest BCUT2D eigenvalue weighted by molar-refractivity contribution is 7.92. The number of piperazine rings is 1. The maximum absolute atomic E-state index is 12.7. The Morgan fingerprint density at radius 3 is 2.30 bits per heavy atom. The molecule has 0 atom stereocenters. The number of nitrogens with zero attached hydrogens (tertiary/aromatic N) is 3. The summed E-state index contributed by atoms with van der Waals surface area (Å²) >= 11 is 1.66. The van der Waals surface area contributed by atoms with Gasteiger partial charge in [0, 0.05) is 43.7 Å². The van der Waals surface area contributed by atoms with Crippen LogP contribution in [0.15, 0.2) is 34.5 Å². The van der Waals surface area contributed by atoms with Crippen molar-refractivity contribution in [3.63, 3.8) is 0 Å². The number of rotatable bonds is 5. The van der Waals surface area contributed by atoms with Crippen LogP contribution in [0.3, 0.4) is 0 Å². The minimum Gasteiger partial charge on any atom is -0.336 e. The molecular formula is C19H25N3O3S2. The fourth-order valence-corrected chi connectivity index (χ4v) is 4.72. The standard InChI is InChI=1S/C19H25N3O3S2/c1-14(2)27(24,25)18-6-4-16(5-7-18)19(23)22-10-8-21(9-11-22)12-17-13-26-15(3)20-17/h4-7,13-14H,8-12H2,1-3H3. The van der Waals surface area contributed by atoms with E-state index >= 15 is 0 Å². The monoisotopic (exact) mass is 407 g/mol. The minimum absolute atomic E-state index is 0.0485. The first kappa shape index (κ1) is 20.0. The van der Waals surface area contributed by atoms with Crippen LogP contribution >= 0.6 is 11.3 Å². The number of aromatic nitrogens is 1. The third-order valence-electron chi connectivity index (χ3n) is 4.76. The summed E-state index contributed by atoms with van der Waals surface area (Å²) in [6, 6.07) is 6.29. The van der Waals surface area contributed by atoms with E-state index in [0.29, 0.717) is 18.7 Å². The second-order valence-corrected chi connectivity index (χ2v) is 10.6. The summed E-state index contributed by atoms with van der Waals surface area (Å²) < 4.78 is 24.4. The van der Waals surface area contributed by atoms with E-state index in [9.17, 15) is 13.2 Å². The Bertz CT molecular complexity index is 897. The molecule has 0 unspecified atom stereocenters. The zero-order chi connectivity index (χ0) is 19.6. The van der Waals surface area contributed by atoms with Crippen molar-refractivity contribution in [2.24, 2.45) is 0 Å². The molecule has 0 N–H and O–H groups in total. The lowest BCUT2D eigenvalue weighted by Crippen LogP contribution is -2.48. The minimum atomic E-state index is -3.32. The Kier molecular flexibility index (Phi) is 5.98. The fraction of sp³-hybridized carbons (Fsp3) is 0.474. The van der Waals surface area contributed by atoms with Gasteiger partial charge in [0.2, 0.25) is 0 Å². The van der Waals surface area contributed by atoms with Gasteiger partial charge in [-0.1, -0.05) is 0 Å². The topological polar surface area (TPSA) is 70.6 Å². The van der Waals surface area contributed by atoms with E-state index in [2.05, 4.69) is 15.3 Å². The van der Waals surface area contributed by atoms with Gasteiger partial charge >= 0.3 is 0 Å². The van der Waals surface area contributed by atoms with Gasteiger partial charge in [0.25, 0.3) is 5.91 Å². The Balaban J connectivity index is 1.59. The van der Waals surface area contributed by atoms with Crippen molar-refractivity contribution in [1.82, 2.24) is 14.8 Å². The number of hydrogen-bond donors (Lipinski definition) is 0. The number of benzene rings is 1. The van der Waals surface area contributed by atoms with Crippen LogP contribution in [0.25, 0.3) is 0 Å². The summed E-state index contributed by atoms with van der Waals surface area (Å²) in [5.74, 6) is -0.0485. The Hall–Kier alpha value is -1.77. The van der Waals surface area contributed by atoms with Crippen LogP contribution in [0.1, 0.15) is 34.9 Å². The van der Waals surface area contributed by atoms with Crippen molar-refractivity contribution in [3.8, 4) is 0 Å². The molecule has 1 fully saturated rings. The van der Waals surface area contributed by atoms with E-state index in [1.807, 2.05) is 11.8 Å². The quantitative estimate of drug-likeness (QED) is 0.762. The summed E-state index contributed by atoms with van der Waals surface area (Å²) in [6.45, 7) is 9.06. The predicted molar refractivity (Wildman–Crippen MR) is 107 cm³/mol. The Morgan fingerprint density at radius 1 is 1.15 bits per heavy atom. The molecule has 1 saturated heterocycles. The van der Waals surface area contributed by atoms with Crippen LogP contribution in [-0.4, -0.2) is 60.5 Å². The van der Waals surface area contributed by atoms with Crippen LogP contribution in [0, 0.1) is 6.92 Å². The van der Waals surface area contributed by atoms with Gasteiger partial charge in [0.15, 0.2) is 9.84 Å². The van der Waals surface area contributed by atoms with Gasteiger partial charge in [-0.2, -0.15) is 0 Å². The van der Waals surface area contributed by atoms with E-state index in [1.165, 1.54) is 12.1 Å². The van der Waals surface area contributed by atoms with Crippen LogP contribution < -0.4 is 0 Å². The van der Waals surface area contributed by atoms with Gasteiger partial charge in [0.1, 0.15) is 0 Å². The molecule has 2 heterocycles. The van der Waals surface area contributed by atoms with Crippen molar-refractivity contribution in [1.29, 1.82) is 0 Å². The van der Waals surface area contributed by atoms with Crippen molar-refractivity contribution in [3.05, 3.63) is 45.9 Å². The average Bonchev–Trinajstić information content (AvgIpc) is 3.06. The Labute approximate surface area is 164 Å². The molecule has 1 aromatic carbocycles. The molecule has 27 heavy (non-hydrogen) atoms. The third-order valence-corrected chi connectivity index (χ3v) is 7.75.